The summed E-state index contributed by atoms with van der Waals surface area (Å²) in [6.45, 7) is 1.85. The predicted molar refractivity (Wildman–Crippen MR) is 117 cm³/mol. The van der Waals surface area contributed by atoms with Crippen LogP contribution in [0.2, 0.25) is 5.02 Å². The molecule has 0 spiro atoms. The smallest absolute Gasteiger partial charge is 0.337 e. The van der Waals surface area contributed by atoms with Crippen LogP contribution in [-0.2, 0) is 30.3 Å². The average molecular weight is 448 g/mol. The van der Waals surface area contributed by atoms with Crippen molar-refractivity contribution in [1.82, 2.24) is 5.32 Å². The van der Waals surface area contributed by atoms with E-state index < -0.39 is 30.0 Å². The molecule has 0 fully saturated rings. The number of aliphatic carboxylic acids is 1. The predicted octanol–water partition coefficient (Wildman–Crippen LogP) is 3.48. The molecule has 0 aliphatic carbocycles. The van der Waals surface area contributed by atoms with E-state index in [0.29, 0.717) is 11.4 Å². The van der Waals surface area contributed by atoms with E-state index in [-0.39, 0.29) is 19.4 Å². The van der Waals surface area contributed by atoms with Crippen molar-refractivity contribution >= 4 is 29.4 Å². The minimum absolute atomic E-state index is 0.173. The number of ether oxygens (including phenoxy) is 2. The highest BCUT2D eigenvalue weighted by Crippen LogP contribution is 2.23. The van der Waals surface area contributed by atoms with Gasteiger partial charge in [0.05, 0.1) is 19.1 Å². The van der Waals surface area contributed by atoms with E-state index >= 15 is 0 Å². The van der Waals surface area contributed by atoms with Gasteiger partial charge in [-0.25, -0.2) is 4.79 Å². The van der Waals surface area contributed by atoms with Crippen molar-refractivity contribution in [3.8, 4) is 11.1 Å². The van der Waals surface area contributed by atoms with Crippen LogP contribution >= 0.6 is 11.6 Å². The third kappa shape index (κ3) is 7.70. The molecule has 0 aliphatic rings. The van der Waals surface area contributed by atoms with E-state index in [1.165, 1.54) is 7.11 Å². The van der Waals surface area contributed by atoms with Crippen LogP contribution in [0.5, 0.6) is 0 Å². The SMILES string of the molecule is CCOC(=O)C(OC)[C@@H](Cc1ccc(-c2cccc(Cl)c2)cc1)NC(=O)CCC(=O)O. The number of esters is 1. The fourth-order valence-corrected chi connectivity index (χ4v) is 3.33. The molecule has 0 aromatic heterocycles. The lowest BCUT2D eigenvalue weighted by Gasteiger charge is -2.25. The lowest BCUT2D eigenvalue weighted by atomic mass is 9.98. The summed E-state index contributed by atoms with van der Waals surface area (Å²) in [6, 6.07) is 14.4. The van der Waals surface area contributed by atoms with Gasteiger partial charge in [-0.05, 0) is 42.2 Å². The topological polar surface area (TPSA) is 102 Å². The first-order valence-electron chi connectivity index (χ1n) is 9.89. The number of hydrogen-bond donors (Lipinski definition) is 2. The Bertz CT molecular complexity index is 899. The number of carbonyl (C=O) groups excluding carboxylic acids is 2. The van der Waals surface area contributed by atoms with E-state index in [4.69, 9.17) is 26.2 Å². The van der Waals surface area contributed by atoms with E-state index in [1.807, 2.05) is 42.5 Å². The van der Waals surface area contributed by atoms with Crippen LogP contribution in [0.1, 0.15) is 25.3 Å². The number of methoxy groups -OCH3 is 1. The first kappa shape index (κ1) is 24.4. The molecule has 0 bridgehead atoms. The van der Waals surface area contributed by atoms with Crippen LogP contribution in [-0.4, -0.2) is 48.8 Å². The zero-order chi connectivity index (χ0) is 22.8. The van der Waals surface area contributed by atoms with Crippen molar-refractivity contribution < 1.29 is 29.0 Å². The maximum atomic E-state index is 12.3. The number of hydrogen-bond acceptors (Lipinski definition) is 5. The maximum absolute atomic E-state index is 12.3. The van der Waals surface area contributed by atoms with Gasteiger partial charge < -0.3 is 19.9 Å². The van der Waals surface area contributed by atoms with Crippen LogP contribution in [0, 0.1) is 0 Å². The molecule has 2 N–H and O–H groups in total. The highest BCUT2D eigenvalue weighted by molar-refractivity contribution is 6.30. The van der Waals surface area contributed by atoms with Crippen molar-refractivity contribution in [2.24, 2.45) is 0 Å². The third-order valence-corrected chi connectivity index (χ3v) is 4.85. The average Bonchev–Trinajstić information content (AvgIpc) is 2.73. The molecule has 0 radical (unpaired) electrons. The Morgan fingerprint density at radius 1 is 1.06 bits per heavy atom. The molecular weight excluding hydrogens is 422 g/mol. The molecule has 7 nitrogen and oxygen atoms in total. The summed E-state index contributed by atoms with van der Waals surface area (Å²) >= 11 is 6.06. The fraction of sp³-hybridized carbons (Fsp3) is 0.348. The van der Waals surface area contributed by atoms with E-state index in [2.05, 4.69) is 5.32 Å². The number of carbonyl (C=O) groups is 3. The molecule has 2 aromatic carbocycles. The van der Waals surface area contributed by atoms with Crippen molar-refractivity contribution in [3.63, 3.8) is 0 Å². The standard InChI is InChI=1S/C23H26ClNO6/c1-3-31-23(29)22(30-2)19(25-20(26)11-12-21(27)28)13-15-7-9-16(10-8-15)17-5-4-6-18(24)14-17/h4-10,14,19,22H,3,11-13H2,1-2H3,(H,25,26)(H,27,28)/t19-,22?/m1/s1. The molecule has 8 heteroatoms. The van der Waals surface area contributed by atoms with Crippen molar-refractivity contribution in [3.05, 3.63) is 59.1 Å². The third-order valence-electron chi connectivity index (χ3n) is 4.62. The zero-order valence-corrected chi connectivity index (χ0v) is 18.2. The van der Waals surface area contributed by atoms with E-state index in [9.17, 15) is 14.4 Å². The second kappa shape index (κ2) is 12.1. The monoisotopic (exact) mass is 447 g/mol. The van der Waals surface area contributed by atoms with Crippen molar-refractivity contribution in [2.45, 2.75) is 38.3 Å². The fourth-order valence-electron chi connectivity index (χ4n) is 3.14. The molecule has 1 amide bonds. The summed E-state index contributed by atoms with van der Waals surface area (Å²) in [5.74, 6) is -2.14. The van der Waals surface area contributed by atoms with Gasteiger partial charge in [-0.15, -0.1) is 0 Å². The molecule has 2 rings (SSSR count). The van der Waals surface area contributed by atoms with Gasteiger partial charge in [0, 0.05) is 18.6 Å². The summed E-state index contributed by atoms with van der Waals surface area (Å²) < 4.78 is 10.4. The van der Waals surface area contributed by atoms with Crippen LogP contribution in [0.4, 0.5) is 0 Å². The maximum Gasteiger partial charge on any atom is 0.337 e. The number of benzene rings is 2. The van der Waals surface area contributed by atoms with Crippen molar-refractivity contribution in [1.29, 1.82) is 0 Å². The normalized spacial score (nSPS) is 12.6. The summed E-state index contributed by atoms with van der Waals surface area (Å²) in [6.07, 6.45) is -1.23. The highest BCUT2D eigenvalue weighted by atomic mass is 35.5. The van der Waals surface area contributed by atoms with Crippen LogP contribution in [0.3, 0.4) is 0 Å². The van der Waals surface area contributed by atoms with Crippen molar-refractivity contribution in [2.75, 3.05) is 13.7 Å². The Hall–Kier alpha value is -2.90. The quantitative estimate of drug-likeness (QED) is 0.511. The molecule has 166 valence electrons. The first-order chi connectivity index (χ1) is 14.8. The Labute approximate surface area is 186 Å². The van der Waals surface area contributed by atoms with Crippen LogP contribution in [0.25, 0.3) is 11.1 Å². The summed E-state index contributed by atoms with van der Waals surface area (Å²) in [4.78, 5) is 35.3. The van der Waals surface area contributed by atoms with Gasteiger partial charge in [0.2, 0.25) is 5.91 Å². The highest BCUT2D eigenvalue weighted by Gasteiger charge is 2.31. The molecule has 0 aliphatic heterocycles. The number of nitrogens with one attached hydrogen (secondary N) is 1. The Morgan fingerprint density at radius 3 is 2.35 bits per heavy atom. The molecular formula is C23H26ClNO6. The molecule has 0 saturated heterocycles. The molecule has 0 saturated carbocycles. The molecule has 31 heavy (non-hydrogen) atoms. The summed E-state index contributed by atoms with van der Waals surface area (Å²) in [7, 11) is 1.36. The summed E-state index contributed by atoms with van der Waals surface area (Å²) in [5, 5.41) is 12.2. The summed E-state index contributed by atoms with van der Waals surface area (Å²) in [5.41, 5.74) is 2.81. The minimum atomic E-state index is -1.07. The molecule has 1 unspecified atom stereocenters. The second-order valence-corrected chi connectivity index (χ2v) is 7.32. The van der Waals surface area contributed by atoms with Crippen LogP contribution < -0.4 is 5.32 Å². The lowest BCUT2D eigenvalue weighted by molar-refractivity contribution is -0.157. The van der Waals surface area contributed by atoms with E-state index in [0.717, 1.165) is 16.7 Å². The van der Waals surface area contributed by atoms with Gasteiger partial charge in [0.15, 0.2) is 6.10 Å². The zero-order valence-electron chi connectivity index (χ0n) is 17.5. The van der Waals surface area contributed by atoms with Gasteiger partial charge in [-0.2, -0.15) is 0 Å². The lowest BCUT2D eigenvalue weighted by Crippen LogP contribution is -2.49. The first-order valence-corrected chi connectivity index (χ1v) is 10.3. The van der Waals surface area contributed by atoms with E-state index in [1.54, 1.807) is 13.0 Å². The Kier molecular flexibility index (Phi) is 9.49. The number of carboxylic acids is 1. The molecule has 2 atom stereocenters. The van der Waals surface area contributed by atoms with Crippen LogP contribution in [0.15, 0.2) is 48.5 Å². The number of carboxylic acid groups (broad SMARTS) is 1. The number of amides is 1. The Balaban J connectivity index is 2.19. The van der Waals surface area contributed by atoms with Gasteiger partial charge in [-0.1, -0.05) is 48.0 Å². The van der Waals surface area contributed by atoms with Gasteiger partial charge in [-0.3, -0.25) is 9.59 Å². The largest absolute Gasteiger partial charge is 0.481 e. The minimum Gasteiger partial charge on any atom is -0.481 e. The Morgan fingerprint density at radius 2 is 1.77 bits per heavy atom. The molecule has 2 aromatic rings. The van der Waals surface area contributed by atoms with Gasteiger partial charge >= 0.3 is 11.9 Å². The number of rotatable bonds is 11. The van der Waals surface area contributed by atoms with Gasteiger partial charge in [0.1, 0.15) is 0 Å². The number of halogens is 1. The second-order valence-electron chi connectivity index (χ2n) is 6.89. The van der Waals surface area contributed by atoms with Gasteiger partial charge in [0.25, 0.3) is 0 Å². The molecule has 0 heterocycles.